The van der Waals surface area contributed by atoms with E-state index in [4.69, 9.17) is 28.4 Å². The van der Waals surface area contributed by atoms with E-state index < -0.39 is 155 Å². The number of rotatable bonds is 52. The minimum absolute atomic E-state index is 0.0934. The molecule has 3 rings (SSSR count). The number of aliphatic hydroxyl groups excluding tert-OH is 11. The molecule has 3 fully saturated rings. The van der Waals surface area contributed by atoms with Gasteiger partial charge in [0.2, 0.25) is 11.8 Å². The van der Waals surface area contributed by atoms with Gasteiger partial charge in [-0.25, -0.2) is 4.79 Å². The largest absolute Gasteiger partial charge is 0.477 e. The molecule has 0 aromatic carbocycles. The van der Waals surface area contributed by atoms with Gasteiger partial charge >= 0.3 is 5.97 Å². The van der Waals surface area contributed by atoms with Gasteiger partial charge in [0.05, 0.1) is 50.7 Å². The van der Waals surface area contributed by atoms with E-state index in [-0.39, 0.29) is 12.3 Å². The van der Waals surface area contributed by atoms with E-state index in [2.05, 4.69) is 36.6 Å². The molecule has 14 N–H and O–H groups in total. The molecule has 0 aliphatic carbocycles. The van der Waals surface area contributed by atoms with Crippen LogP contribution in [0.2, 0.25) is 0 Å². The van der Waals surface area contributed by atoms with E-state index in [1.807, 2.05) is 18.2 Å². The van der Waals surface area contributed by atoms with Gasteiger partial charge in [0.25, 0.3) is 5.79 Å². The maximum Gasteiger partial charge on any atom is 0.364 e. The number of allylic oxidation sites excluding steroid dienone is 5. The second-order valence-corrected chi connectivity index (χ2v) is 25.4. The van der Waals surface area contributed by atoms with E-state index in [0.717, 1.165) is 45.4 Å². The van der Waals surface area contributed by atoms with Gasteiger partial charge in [-0.05, 0) is 38.5 Å². The average molecular weight is 1300 g/mol. The number of nitrogens with one attached hydrogen (secondary N) is 2. The molecule has 0 aromatic rings. The van der Waals surface area contributed by atoms with Crippen LogP contribution in [-0.2, 0) is 42.8 Å². The van der Waals surface area contributed by atoms with Crippen LogP contribution in [0.3, 0.4) is 0 Å². The highest BCUT2D eigenvalue weighted by Gasteiger charge is 2.60. The summed E-state index contributed by atoms with van der Waals surface area (Å²) in [5.74, 6) is -6.22. The highest BCUT2D eigenvalue weighted by atomic mass is 16.8. The maximum absolute atomic E-state index is 13.4. The second kappa shape index (κ2) is 48.6. The molecule has 23 heteroatoms. The molecule has 91 heavy (non-hydrogen) atoms. The maximum atomic E-state index is 13.4. The molecule has 530 valence electrons. The average Bonchev–Trinajstić information content (AvgIpc) is 0.790. The Hall–Kier alpha value is -3.05. The topological polar surface area (TPSA) is 373 Å². The Balaban J connectivity index is 1.59. The summed E-state index contributed by atoms with van der Waals surface area (Å²) >= 11 is 0. The molecule has 0 bridgehead atoms. The van der Waals surface area contributed by atoms with Crippen LogP contribution in [0, 0.1) is 0 Å². The third-order valence-electron chi connectivity index (χ3n) is 17.6. The lowest BCUT2D eigenvalue weighted by Crippen LogP contribution is -2.70. The summed E-state index contributed by atoms with van der Waals surface area (Å²) in [6.07, 6.45) is 20.8. The van der Waals surface area contributed by atoms with Crippen molar-refractivity contribution in [3.05, 3.63) is 36.5 Å². The minimum Gasteiger partial charge on any atom is -0.477 e. The lowest BCUT2D eigenvalue weighted by molar-refractivity contribution is -0.386. The molecule has 23 nitrogen and oxygen atoms in total. The van der Waals surface area contributed by atoms with Crippen LogP contribution in [0.5, 0.6) is 0 Å². The summed E-state index contributed by atoms with van der Waals surface area (Å²) in [6.45, 7) is 2.08. The Bertz CT molecular complexity index is 1990. The zero-order chi connectivity index (χ0) is 66.8. The third kappa shape index (κ3) is 31.1. The van der Waals surface area contributed by atoms with Crippen LogP contribution in [0.1, 0.15) is 239 Å². The number of hydrogen-bond acceptors (Lipinski definition) is 20. The molecule has 0 saturated carbocycles. The van der Waals surface area contributed by atoms with Crippen LogP contribution in [-0.4, -0.2) is 215 Å². The zero-order valence-corrected chi connectivity index (χ0v) is 55.2. The van der Waals surface area contributed by atoms with Crippen molar-refractivity contribution in [2.45, 2.75) is 349 Å². The van der Waals surface area contributed by atoms with E-state index in [1.54, 1.807) is 6.08 Å². The van der Waals surface area contributed by atoms with Gasteiger partial charge in [0.1, 0.15) is 67.1 Å². The van der Waals surface area contributed by atoms with Crippen LogP contribution >= 0.6 is 0 Å². The normalized spacial score (nSPS) is 28.6. The molecular weight excluding hydrogens is 1180 g/mol. The van der Waals surface area contributed by atoms with E-state index in [0.29, 0.717) is 12.8 Å². The van der Waals surface area contributed by atoms with Crippen molar-refractivity contribution < 1.29 is 104 Å². The predicted molar refractivity (Wildman–Crippen MR) is 343 cm³/mol. The fourth-order valence-electron chi connectivity index (χ4n) is 12.0. The molecule has 18 unspecified atom stereocenters. The highest BCUT2D eigenvalue weighted by Crippen LogP contribution is 2.39. The van der Waals surface area contributed by atoms with Crippen molar-refractivity contribution in [2.24, 2.45) is 0 Å². The Kier molecular flexibility index (Phi) is 43.9. The van der Waals surface area contributed by atoms with Gasteiger partial charge in [0, 0.05) is 19.8 Å². The summed E-state index contributed by atoms with van der Waals surface area (Å²) in [6, 6.07) is -2.65. The molecule has 0 spiro atoms. The van der Waals surface area contributed by atoms with Gasteiger partial charge in [-0.2, -0.15) is 0 Å². The van der Waals surface area contributed by atoms with Gasteiger partial charge < -0.3 is 100 Å². The lowest BCUT2D eigenvalue weighted by atomic mass is 9.88. The van der Waals surface area contributed by atoms with Gasteiger partial charge in [-0.3, -0.25) is 9.59 Å². The Morgan fingerprint density at radius 1 is 0.582 bits per heavy atom. The van der Waals surface area contributed by atoms with E-state index in [1.165, 1.54) is 154 Å². The first-order chi connectivity index (χ1) is 43.9. The Morgan fingerprint density at radius 3 is 1.55 bits per heavy atom. The number of hydrogen-bond donors (Lipinski definition) is 14. The van der Waals surface area contributed by atoms with Gasteiger partial charge in [-0.1, -0.05) is 217 Å². The molecule has 0 aromatic heterocycles. The molecular formula is C68H122N2O21. The summed E-state index contributed by atoms with van der Waals surface area (Å²) < 4.78 is 34.7. The fraction of sp³-hybridized carbons (Fsp3) is 0.868. The van der Waals surface area contributed by atoms with Crippen LogP contribution < -0.4 is 10.6 Å². The number of carbonyl (C=O) groups excluding carboxylic acids is 2. The number of ether oxygens (including phenoxy) is 6. The van der Waals surface area contributed by atoms with Crippen molar-refractivity contribution in [1.29, 1.82) is 0 Å². The van der Waals surface area contributed by atoms with Crippen LogP contribution in [0.15, 0.2) is 36.5 Å². The van der Waals surface area contributed by atoms with Crippen molar-refractivity contribution in [2.75, 3.05) is 26.4 Å². The molecule has 0 radical (unpaired) electrons. The number of aliphatic carboxylic acids is 1. The monoisotopic (exact) mass is 1300 g/mol. The standard InChI is InChI=1S/C68H122N2O21/c1-4-6-8-10-12-14-16-18-19-20-21-22-23-24-25-26-27-28-30-31-33-35-37-39-41-50(75)49(70-55(78)42-40-38-36-34-32-29-17-15-13-11-9-7-5-2)47-86-65-60(82)59(81)62(54(46-73)88-65)89-66-61(83)64(58(80)53(45-72)87-66)91-68(67(84)85)43-51(76)56(69-48(3)74)63(90-68)57(79)52(77)44-71/h29,32,36,38-39,41,49-54,56-66,71-73,75-77,79-83H,4-28,30-31,33-35,37,40,42-47H2,1-3H3,(H,69,74)(H,70,78)(H,84,85)/b32-29-,38-36-,41-39+. The Morgan fingerprint density at radius 2 is 1.07 bits per heavy atom. The zero-order valence-electron chi connectivity index (χ0n) is 55.2. The summed E-state index contributed by atoms with van der Waals surface area (Å²) in [5, 5.41) is 136. The quantitative estimate of drug-likeness (QED) is 0.0237. The first kappa shape index (κ1) is 82.2. The fourth-order valence-corrected chi connectivity index (χ4v) is 12.0. The summed E-state index contributed by atoms with van der Waals surface area (Å²) in [4.78, 5) is 38.4. The van der Waals surface area contributed by atoms with Crippen molar-refractivity contribution >= 4 is 17.8 Å². The minimum atomic E-state index is -3.09. The highest BCUT2D eigenvalue weighted by molar-refractivity contribution is 5.77. The number of amides is 2. The number of unbranched alkanes of at least 4 members (excludes halogenated alkanes) is 28. The smallest absolute Gasteiger partial charge is 0.364 e. The van der Waals surface area contributed by atoms with E-state index >= 15 is 0 Å². The summed E-state index contributed by atoms with van der Waals surface area (Å²) in [5.41, 5.74) is 0. The number of carbonyl (C=O) groups is 3. The molecule has 3 heterocycles. The van der Waals surface area contributed by atoms with Crippen molar-refractivity contribution in [3.63, 3.8) is 0 Å². The summed E-state index contributed by atoms with van der Waals surface area (Å²) in [7, 11) is 0. The molecule has 3 saturated heterocycles. The SMILES string of the molecule is CCCCCCCC/C=C\C/C=C\CCC(=O)NC(COC1OC(CO)C(OC2OC(CO)C(O)C(OC3(C(=O)O)CC(O)C(NC(C)=O)C(C(O)C(O)CO)O3)C2O)C(O)C1O)C(O)/C=C/CCCCCCCCCCCCCCCCCCCCCCCC. The lowest BCUT2D eigenvalue weighted by Gasteiger charge is -2.50. The Labute approximate surface area is 542 Å². The number of carboxylic acid groups (broad SMARTS) is 1. The van der Waals surface area contributed by atoms with Gasteiger partial charge in [-0.15, -0.1) is 0 Å². The number of carboxylic acids is 1. The first-order valence-corrected chi connectivity index (χ1v) is 34.9. The molecule has 18 atom stereocenters. The predicted octanol–water partition coefficient (Wildman–Crippen LogP) is 6.23. The molecule has 3 aliphatic rings. The molecule has 2 amide bonds. The second-order valence-electron chi connectivity index (χ2n) is 25.4. The first-order valence-electron chi connectivity index (χ1n) is 34.9. The number of aliphatic hydroxyl groups is 11. The van der Waals surface area contributed by atoms with Gasteiger partial charge in [0.15, 0.2) is 12.6 Å². The van der Waals surface area contributed by atoms with E-state index in [9.17, 15) is 75.7 Å². The molecule has 3 aliphatic heterocycles. The third-order valence-corrected chi connectivity index (χ3v) is 17.6. The van der Waals surface area contributed by atoms with Crippen LogP contribution in [0.4, 0.5) is 0 Å². The van der Waals surface area contributed by atoms with Crippen molar-refractivity contribution in [3.8, 4) is 0 Å². The van der Waals surface area contributed by atoms with Crippen molar-refractivity contribution in [1.82, 2.24) is 10.6 Å². The van der Waals surface area contributed by atoms with Crippen LogP contribution in [0.25, 0.3) is 0 Å².